The van der Waals surface area contributed by atoms with Gasteiger partial charge in [-0.1, -0.05) is 30.3 Å². The van der Waals surface area contributed by atoms with Gasteiger partial charge in [0, 0.05) is 0 Å². The van der Waals surface area contributed by atoms with Crippen molar-refractivity contribution in [2.24, 2.45) is 5.10 Å². The maximum atomic E-state index is 5.77. The molecule has 2 aromatic heterocycles. The van der Waals surface area contributed by atoms with Crippen molar-refractivity contribution in [1.29, 1.82) is 0 Å². The van der Waals surface area contributed by atoms with E-state index in [4.69, 9.17) is 4.74 Å². The lowest BCUT2D eigenvalue weighted by Crippen LogP contribution is -1.98. The molecule has 128 valence electrons. The lowest BCUT2D eigenvalue weighted by Gasteiger charge is -2.06. The van der Waals surface area contributed by atoms with Crippen LogP contribution in [0.5, 0.6) is 5.75 Å². The summed E-state index contributed by atoms with van der Waals surface area (Å²) in [5.74, 6) is 1.43. The monoisotopic (exact) mass is 344 g/mol. The van der Waals surface area contributed by atoms with Crippen LogP contribution in [-0.4, -0.2) is 26.0 Å². The molecule has 0 aliphatic heterocycles. The highest BCUT2D eigenvalue weighted by atomic mass is 16.5. The van der Waals surface area contributed by atoms with Crippen molar-refractivity contribution in [3.63, 3.8) is 0 Å². The van der Waals surface area contributed by atoms with Crippen LogP contribution in [0.15, 0.2) is 78.2 Å². The molecule has 0 spiro atoms. The Hall–Kier alpha value is -3.74. The van der Waals surface area contributed by atoms with E-state index in [1.165, 1.54) is 0 Å². The van der Waals surface area contributed by atoms with Crippen LogP contribution in [-0.2, 0) is 6.61 Å². The summed E-state index contributed by atoms with van der Waals surface area (Å²) in [5, 5.41) is 16.2. The summed E-state index contributed by atoms with van der Waals surface area (Å²) in [4.78, 5) is 0. The molecule has 0 fully saturated rings. The summed E-state index contributed by atoms with van der Waals surface area (Å²) in [6, 6.07) is 21.4. The number of fused-ring (bicyclic) bond motifs is 1. The second-order valence-electron chi connectivity index (χ2n) is 5.57. The molecule has 0 atom stereocenters. The largest absolute Gasteiger partial charge is 0.489 e. The van der Waals surface area contributed by atoms with Crippen LogP contribution in [0.4, 0.5) is 5.82 Å². The lowest BCUT2D eigenvalue weighted by atomic mass is 10.2. The number of nitrogens with one attached hydrogen (secondary N) is 1. The molecule has 4 aromatic rings. The van der Waals surface area contributed by atoms with Crippen molar-refractivity contribution < 1.29 is 4.74 Å². The standard InChI is InChI=1S/C19H16N6O/c1-2-4-16(5-3-1)13-26-17-8-6-15(7-9-17)12-20-22-18-10-11-19-23-21-14-25(19)24-18/h1-12,14H,13H2,(H,22,24). The molecule has 0 saturated heterocycles. The summed E-state index contributed by atoms with van der Waals surface area (Å²) in [6.07, 6.45) is 3.26. The Morgan fingerprint density at radius 3 is 2.69 bits per heavy atom. The van der Waals surface area contributed by atoms with Gasteiger partial charge in [-0.05, 0) is 47.5 Å². The van der Waals surface area contributed by atoms with Gasteiger partial charge in [-0.2, -0.15) is 9.62 Å². The van der Waals surface area contributed by atoms with E-state index in [1.807, 2.05) is 60.7 Å². The van der Waals surface area contributed by atoms with Crippen molar-refractivity contribution in [3.05, 3.63) is 84.2 Å². The molecule has 0 unspecified atom stereocenters. The van der Waals surface area contributed by atoms with Gasteiger partial charge in [0.1, 0.15) is 18.7 Å². The van der Waals surface area contributed by atoms with Gasteiger partial charge < -0.3 is 4.74 Å². The molecule has 0 bridgehead atoms. The fourth-order valence-corrected chi connectivity index (χ4v) is 2.35. The van der Waals surface area contributed by atoms with Crippen LogP contribution in [0.3, 0.4) is 0 Å². The Balaban J connectivity index is 1.33. The molecule has 0 aliphatic carbocycles. The maximum Gasteiger partial charge on any atom is 0.177 e. The molecular formula is C19H16N6O. The first-order valence-electron chi connectivity index (χ1n) is 8.10. The van der Waals surface area contributed by atoms with Gasteiger partial charge in [-0.3, -0.25) is 5.43 Å². The van der Waals surface area contributed by atoms with E-state index in [0.717, 1.165) is 16.9 Å². The van der Waals surface area contributed by atoms with Gasteiger partial charge in [0.2, 0.25) is 0 Å². The second-order valence-corrected chi connectivity index (χ2v) is 5.57. The molecule has 2 heterocycles. The Labute approximate surface area is 150 Å². The van der Waals surface area contributed by atoms with Crippen LogP contribution in [0.2, 0.25) is 0 Å². The van der Waals surface area contributed by atoms with Crippen molar-refractivity contribution in [1.82, 2.24) is 19.8 Å². The molecule has 0 amide bonds. The fourth-order valence-electron chi connectivity index (χ4n) is 2.35. The molecule has 0 aliphatic rings. The predicted molar refractivity (Wildman–Crippen MR) is 99.2 cm³/mol. The molecule has 7 nitrogen and oxygen atoms in total. The minimum Gasteiger partial charge on any atom is -0.489 e. The summed E-state index contributed by atoms with van der Waals surface area (Å²) < 4.78 is 7.35. The van der Waals surface area contributed by atoms with Crippen LogP contribution in [0.1, 0.15) is 11.1 Å². The third kappa shape index (κ3) is 3.84. The Morgan fingerprint density at radius 1 is 1.00 bits per heavy atom. The molecule has 0 saturated carbocycles. The first-order chi connectivity index (χ1) is 12.9. The van der Waals surface area contributed by atoms with E-state index in [1.54, 1.807) is 23.1 Å². The highest BCUT2D eigenvalue weighted by Gasteiger charge is 1.98. The molecule has 2 aromatic carbocycles. The van der Waals surface area contributed by atoms with Crippen molar-refractivity contribution in [2.75, 3.05) is 5.43 Å². The average molecular weight is 344 g/mol. The molecule has 1 N–H and O–H groups in total. The van der Waals surface area contributed by atoms with Gasteiger partial charge in [0.25, 0.3) is 0 Å². The molecule has 26 heavy (non-hydrogen) atoms. The van der Waals surface area contributed by atoms with Gasteiger partial charge in [-0.15, -0.1) is 15.3 Å². The fraction of sp³-hybridized carbons (Fsp3) is 0.0526. The second kappa shape index (κ2) is 7.43. The number of ether oxygens (including phenoxy) is 1. The van der Waals surface area contributed by atoms with Crippen LogP contribution in [0.25, 0.3) is 5.65 Å². The number of hydrogen-bond acceptors (Lipinski definition) is 6. The summed E-state index contributed by atoms with van der Waals surface area (Å²) >= 11 is 0. The predicted octanol–water partition coefficient (Wildman–Crippen LogP) is 3.15. The lowest BCUT2D eigenvalue weighted by molar-refractivity contribution is 0.306. The van der Waals surface area contributed by atoms with Gasteiger partial charge >= 0.3 is 0 Å². The number of benzene rings is 2. The van der Waals surface area contributed by atoms with E-state index >= 15 is 0 Å². The topological polar surface area (TPSA) is 76.7 Å². The molecule has 4 rings (SSSR count). The maximum absolute atomic E-state index is 5.77. The highest BCUT2D eigenvalue weighted by Crippen LogP contribution is 2.13. The Morgan fingerprint density at radius 2 is 1.85 bits per heavy atom. The minimum absolute atomic E-state index is 0.549. The number of anilines is 1. The molecule has 7 heteroatoms. The number of hydrazone groups is 1. The van der Waals surface area contributed by atoms with Crippen molar-refractivity contribution in [2.45, 2.75) is 6.61 Å². The summed E-state index contributed by atoms with van der Waals surface area (Å²) in [5.41, 5.74) is 5.67. The SMILES string of the molecule is C(=NNc1ccc2nncn2n1)c1ccc(OCc2ccccc2)cc1. The van der Waals surface area contributed by atoms with Crippen LogP contribution >= 0.6 is 0 Å². The van der Waals surface area contributed by atoms with Crippen LogP contribution < -0.4 is 10.2 Å². The zero-order valence-corrected chi connectivity index (χ0v) is 13.9. The van der Waals surface area contributed by atoms with E-state index in [0.29, 0.717) is 18.1 Å². The third-order valence-electron chi connectivity index (χ3n) is 3.68. The van der Waals surface area contributed by atoms with E-state index < -0.39 is 0 Å². The number of hydrogen-bond donors (Lipinski definition) is 1. The van der Waals surface area contributed by atoms with Crippen molar-refractivity contribution >= 4 is 17.7 Å². The normalized spacial score (nSPS) is 11.1. The van der Waals surface area contributed by atoms with Gasteiger partial charge in [-0.25, -0.2) is 0 Å². The van der Waals surface area contributed by atoms with Crippen LogP contribution in [0, 0.1) is 0 Å². The Kier molecular flexibility index (Phi) is 4.51. The highest BCUT2D eigenvalue weighted by molar-refractivity contribution is 5.80. The average Bonchev–Trinajstić information content (AvgIpc) is 3.16. The summed E-state index contributed by atoms with van der Waals surface area (Å²) in [6.45, 7) is 0.549. The quantitative estimate of drug-likeness (QED) is 0.429. The smallest absolute Gasteiger partial charge is 0.177 e. The zero-order chi connectivity index (χ0) is 17.6. The minimum atomic E-state index is 0.549. The van der Waals surface area contributed by atoms with Gasteiger partial charge in [0.05, 0.1) is 6.21 Å². The van der Waals surface area contributed by atoms with E-state index in [2.05, 4.69) is 25.8 Å². The molecule has 0 radical (unpaired) electrons. The van der Waals surface area contributed by atoms with Gasteiger partial charge in [0.15, 0.2) is 11.5 Å². The first-order valence-corrected chi connectivity index (χ1v) is 8.10. The van der Waals surface area contributed by atoms with E-state index in [-0.39, 0.29) is 0 Å². The molecular weight excluding hydrogens is 328 g/mol. The third-order valence-corrected chi connectivity index (χ3v) is 3.68. The first kappa shape index (κ1) is 15.8. The van der Waals surface area contributed by atoms with Crippen molar-refractivity contribution in [3.8, 4) is 5.75 Å². The zero-order valence-electron chi connectivity index (χ0n) is 13.9. The number of aromatic nitrogens is 4. The summed E-state index contributed by atoms with van der Waals surface area (Å²) in [7, 11) is 0. The number of nitrogens with zero attached hydrogens (tertiary/aromatic N) is 5. The Bertz CT molecular complexity index is 1010. The van der Waals surface area contributed by atoms with E-state index in [9.17, 15) is 0 Å². The number of rotatable bonds is 6.